The fourth-order valence-electron chi connectivity index (χ4n) is 3.69. The summed E-state index contributed by atoms with van der Waals surface area (Å²) in [6.07, 6.45) is 0. The zero-order chi connectivity index (χ0) is 19.7. The molecule has 0 amide bonds. The maximum atomic E-state index is 5.71. The molecule has 4 rings (SSSR count). The molecule has 4 aromatic rings. The summed E-state index contributed by atoms with van der Waals surface area (Å²) >= 11 is 0. The van der Waals surface area contributed by atoms with Gasteiger partial charge in [0.25, 0.3) is 0 Å². The number of rotatable bonds is 5. The molecule has 0 bridgehead atoms. The predicted molar refractivity (Wildman–Crippen MR) is 113 cm³/mol. The number of methoxy groups -OCH3 is 4. The Morgan fingerprint density at radius 2 is 1.25 bits per heavy atom. The third kappa shape index (κ3) is 2.87. The Morgan fingerprint density at radius 1 is 0.536 bits per heavy atom. The number of fused-ring (bicyclic) bond motifs is 2. The van der Waals surface area contributed by atoms with Crippen molar-refractivity contribution >= 4 is 21.5 Å². The maximum absolute atomic E-state index is 5.71. The van der Waals surface area contributed by atoms with Gasteiger partial charge in [-0.05, 0) is 40.4 Å². The van der Waals surface area contributed by atoms with Crippen LogP contribution in [0.4, 0.5) is 0 Å². The van der Waals surface area contributed by atoms with Crippen molar-refractivity contribution in [2.24, 2.45) is 0 Å². The van der Waals surface area contributed by atoms with Crippen molar-refractivity contribution in [1.82, 2.24) is 0 Å². The summed E-state index contributed by atoms with van der Waals surface area (Å²) < 4.78 is 22.3. The van der Waals surface area contributed by atoms with E-state index in [1.54, 1.807) is 28.4 Å². The van der Waals surface area contributed by atoms with Crippen molar-refractivity contribution in [1.29, 1.82) is 0 Å². The fourth-order valence-corrected chi connectivity index (χ4v) is 3.69. The average molecular weight is 374 g/mol. The van der Waals surface area contributed by atoms with E-state index in [-0.39, 0.29) is 0 Å². The molecule has 0 unspecified atom stereocenters. The molecule has 0 atom stereocenters. The second kappa shape index (κ2) is 7.31. The highest BCUT2D eigenvalue weighted by atomic mass is 16.5. The minimum atomic E-state index is 0.744. The van der Waals surface area contributed by atoms with Gasteiger partial charge in [-0.15, -0.1) is 0 Å². The van der Waals surface area contributed by atoms with Gasteiger partial charge >= 0.3 is 0 Å². The first-order valence-electron chi connectivity index (χ1n) is 9.00. The van der Waals surface area contributed by atoms with Crippen LogP contribution in [-0.4, -0.2) is 28.4 Å². The van der Waals surface area contributed by atoms with Crippen LogP contribution in [0.2, 0.25) is 0 Å². The van der Waals surface area contributed by atoms with E-state index >= 15 is 0 Å². The molecule has 4 heteroatoms. The Bertz CT molecular complexity index is 1160. The van der Waals surface area contributed by atoms with Gasteiger partial charge in [0.2, 0.25) is 0 Å². The molecule has 142 valence electrons. The van der Waals surface area contributed by atoms with Gasteiger partial charge in [-0.1, -0.05) is 24.3 Å². The molecule has 0 aliphatic carbocycles. The molecule has 4 nitrogen and oxygen atoms in total. The van der Waals surface area contributed by atoms with Crippen LogP contribution in [-0.2, 0) is 0 Å². The van der Waals surface area contributed by atoms with Crippen LogP contribution in [0, 0.1) is 0 Å². The van der Waals surface area contributed by atoms with Gasteiger partial charge in [0.1, 0.15) is 23.0 Å². The zero-order valence-corrected chi connectivity index (χ0v) is 16.4. The minimum absolute atomic E-state index is 0.744. The topological polar surface area (TPSA) is 36.9 Å². The summed E-state index contributed by atoms with van der Waals surface area (Å²) in [5.74, 6) is 3.02. The van der Waals surface area contributed by atoms with Crippen LogP contribution in [0.5, 0.6) is 23.0 Å². The molecule has 0 aliphatic rings. The molecule has 0 fully saturated rings. The normalized spacial score (nSPS) is 10.9. The van der Waals surface area contributed by atoms with Crippen LogP contribution in [0.15, 0.2) is 60.7 Å². The highest BCUT2D eigenvalue weighted by Crippen LogP contribution is 2.45. The Balaban J connectivity index is 2.19. The Labute approximate surface area is 164 Å². The predicted octanol–water partition coefficient (Wildman–Crippen LogP) is 5.69. The van der Waals surface area contributed by atoms with Gasteiger partial charge in [-0.3, -0.25) is 0 Å². The molecule has 0 aromatic heterocycles. The molecule has 0 N–H and O–H groups in total. The maximum Gasteiger partial charge on any atom is 0.130 e. The van der Waals surface area contributed by atoms with Gasteiger partial charge < -0.3 is 18.9 Å². The Kier molecular flexibility index (Phi) is 4.70. The van der Waals surface area contributed by atoms with E-state index in [0.29, 0.717) is 0 Å². The molecule has 0 aliphatic heterocycles. The highest BCUT2D eigenvalue weighted by molar-refractivity contribution is 6.15. The minimum Gasteiger partial charge on any atom is -0.497 e. The summed E-state index contributed by atoms with van der Waals surface area (Å²) in [5.41, 5.74) is 2.06. The molecule has 0 radical (unpaired) electrons. The summed E-state index contributed by atoms with van der Waals surface area (Å²) in [5, 5.41) is 4.33. The summed E-state index contributed by atoms with van der Waals surface area (Å²) in [6.45, 7) is 0. The first kappa shape index (κ1) is 18.0. The molecule has 0 saturated heterocycles. The van der Waals surface area contributed by atoms with Crippen LogP contribution in [0.25, 0.3) is 32.7 Å². The van der Waals surface area contributed by atoms with Gasteiger partial charge in [-0.25, -0.2) is 0 Å². The largest absolute Gasteiger partial charge is 0.497 e. The Hall–Kier alpha value is -3.40. The van der Waals surface area contributed by atoms with Crippen molar-refractivity contribution in [2.75, 3.05) is 28.4 Å². The van der Waals surface area contributed by atoms with Crippen molar-refractivity contribution in [3.8, 4) is 34.1 Å². The van der Waals surface area contributed by atoms with Crippen LogP contribution in [0.1, 0.15) is 0 Å². The molecule has 0 spiro atoms. The third-order valence-corrected chi connectivity index (χ3v) is 5.05. The summed E-state index contributed by atoms with van der Waals surface area (Å²) in [7, 11) is 6.66. The van der Waals surface area contributed by atoms with E-state index in [1.807, 2.05) is 42.5 Å². The lowest BCUT2D eigenvalue weighted by atomic mass is 9.91. The quantitative estimate of drug-likeness (QED) is 0.420. The first-order chi connectivity index (χ1) is 13.7. The van der Waals surface area contributed by atoms with Gasteiger partial charge in [0.05, 0.1) is 28.4 Å². The first-order valence-corrected chi connectivity index (χ1v) is 9.00. The van der Waals surface area contributed by atoms with E-state index in [9.17, 15) is 0 Å². The lowest BCUT2D eigenvalue weighted by molar-refractivity contribution is 0.395. The summed E-state index contributed by atoms with van der Waals surface area (Å²) in [4.78, 5) is 0. The second-order valence-electron chi connectivity index (χ2n) is 6.46. The lowest BCUT2D eigenvalue weighted by Gasteiger charge is -2.18. The third-order valence-electron chi connectivity index (χ3n) is 5.05. The monoisotopic (exact) mass is 374 g/mol. The van der Waals surface area contributed by atoms with Crippen molar-refractivity contribution in [3.05, 3.63) is 60.7 Å². The fraction of sp³-hybridized carbons (Fsp3) is 0.167. The standard InChI is InChI=1S/C24H22O4/c1-25-16-9-10-19(22(13-16)27-3)24-18-8-6-5-7-15(18)11-20-21(24)12-17(26-2)14-23(20)28-4/h5-14H,1-4H3. The SMILES string of the molecule is COc1ccc(-c2c3ccccc3cc3c(OC)cc(OC)cc23)c(OC)c1. The van der Waals surface area contributed by atoms with E-state index in [4.69, 9.17) is 18.9 Å². The van der Waals surface area contributed by atoms with Gasteiger partial charge in [0.15, 0.2) is 0 Å². The Morgan fingerprint density at radius 3 is 1.96 bits per heavy atom. The second-order valence-corrected chi connectivity index (χ2v) is 6.46. The molecular formula is C24H22O4. The molecular weight excluding hydrogens is 352 g/mol. The van der Waals surface area contributed by atoms with Gasteiger partial charge in [-0.2, -0.15) is 0 Å². The molecule has 0 saturated carbocycles. The number of benzene rings is 4. The molecule has 28 heavy (non-hydrogen) atoms. The van der Waals surface area contributed by atoms with Crippen molar-refractivity contribution in [3.63, 3.8) is 0 Å². The lowest BCUT2D eigenvalue weighted by Crippen LogP contribution is -1.94. The van der Waals surface area contributed by atoms with Crippen LogP contribution < -0.4 is 18.9 Å². The van der Waals surface area contributed by atoms with E-state index < -0.39 is 0 Å². The zero-order valence-electron chi connectivity index (χ0n) is 16.4. The van der Waals surface area contributed by atoms with E-state index in [0.717, 1.165) is 55.7 Å². The van der Waals surface area contributed by atoms with E-state index in [1.165, 1.54) is 0 Å². The van der Waals surface area contributed by atoms with Gasteiger partial charge in [0, 0.05) is 28.6 Å². The number of ether oxygens (including phenoxy) is 4. The summed E-state index contributed by atoms with van der Waals surface area (Å²) in [6, 6.07) is 20.3. The van der Waals surface area contributed by atoms with Crippen LogP contribution in [0.3, 0.4) is 0 Å². The van der Waals surface area contributed by atoms with E-state index in [2.05, 4.69) is 18.2 Å². The molecule has 4 aromatic carbocycles. The average Bonchev–Trinajstić information content (AvgIpc) is 2.76. The number of hydrogen-bond acceptors (Lipinski definition) is 4. The van der Waals surface area contributed by atoms with Crippen molar-refractivity contribution < 1.29 is 18.9 Å². The van der Waals surface area contributed by atoms with Crippen molar-refractivity contribution in [2.45, 2.75) is 0 Å². The smallest absolute Gasteiger partial charge is 0.130 e. The van der Waals surface area contributed by atoms with Crippen LogP contribution >= 0.6 is 0 Å². The number of hydrogen-bond donors (Lipinski definition) is 0. The molecule has 0 heterocycles. The highest BCUT2D eigenvalue weighted by Gasteiger charge is 2.17.